The van der Waals surface area contributed by atoms with Crippen molar-refractivity contribution in [3.8, 4) is 5.69 Å². The smallest absolute Gasteiger partial charge is 0.253 e. The molecule has 0 saturated carbocycles. The number of ether oxygens (including phenoxy) is 1. The Labute approximate surface area is 141 Å². The number of aromatic amines is 1. The van der Waals surface area contributed by atoms with Gasteiger partial charge < -0.3 is 15.0 Å². The maximum absolute atomic E-state index is 12.2. The molecule has 2 N–H and O–H groups in total. The number of imidazole rings is 1. The van der Waals surface area contributed by atoms with Crippen molar-refractivity contribution in [3.63, 3.8) is 0 Å². The van der Waals surface area contributed by atoms with E-state index in [1.807, 2.05) is 35.0 Å². The van der Waals surface area contributed by atoms with Crippen LogP contribution in [0.25, 0.3) is 5.69 Å². The van der Waals surface area contributed by atoms with E-state index in [-0.39, 0.29) is 5.91 Å². The first kappa shape index (κ1) is 17.4. The van der Waals surface area contributed by atoms with Gasteiger partial charge in [-0.1, -0.05) is 19.9 Å². The summed E-state index contributed by atoms with van der Waals surface area (Å²) in [6, 6.07) is 7.53. The summed E-state index contributed by atoms with van der Waals surface area (Å²) in [7, 11) is 0. The molecule has 124 valence electrons. The molecule has 1 aromatic heterocycles. The van der Waals surface area contributed by atoms with Crippen molar-refractivity contribution in [3.05, 3.63) is 41.4 Å². The normalized spacial score (nSPS) is 12.3. The van der Waals surface area contributed by atoms with Crippen molar-refractivity contribution < 1.29 is 9.53 Å². The molecule has 0 unspecified atom stereocenters. The first-order valence-electron chi connectivity index (χ1n) is 7.76. The van der Waals surface area contributed by atoms with Gasteiger partial charge in [0.2, 0.25) is 0 Å². The number of nitrogens with zero attached hydrogens (tertiary/aromatic N) is 1. The molecule has 6 heteroatoms. The Kier molecular flexibility index (Phi) is 6.12. The number of anilines is 1. The molecule has 0 bridgehead atoms. The van der Waals surface area contributed by atoms with Gasteiger partial charge in [-0.25, -0.2) is 0 Å². The molecular formula is C17H23N3O2S. The zero-order valence-corrected chi connectivity index (χ0v) is 14.5. The van der Waals surface area contributed by atoms with Gasteiger partial charge in [0.1, 0.15) is 6.10 Å². The van der Waals surface area contributed by atoms with Crippen LogP contribution in [-0.4, -0.2) is 28.2 Å². The van der Waals surface area contributed by atoms with Crippen LogP contribution < -0.4 is 5.32 Å². The van der Waals surface area contributed by atoms with Gasteiger partial charge in [-0.3, -0.25) is 9.36 Å². The fourth-order valence-corrected chi connectivity index (χ4v) is 2.29. The molecule has 0 aliphatic rings. The number of H-pyrrole nitrogens is 1. The number of carbonyl (C=O) groups excluding carboxylic acids is 1. The third-order valence-corrected chi connectivity index (χ3v) is 3.79. The van der Waals surface area contributed by atoms with E-state index in [1.54, 1.807) is 13.1 Å². The first-order valence-corrected chi connectivity index (χ1v) is 8.17. The van der Waals surface area contributed by atoms with Crippen LogP contribution in [0, 0.1) is 10.7 Å². The monoisotopic (exact) mass is 333 g/mol. The van der Waals surface area contributed by atoms with Crippen LogP contribution in [0.15, 0.2) is 36.7 Å². The summed E-state index contributed by atoms with van der Waals surface area (Å²) in [6.07, 6.45) is 4.09. The van der Waals surface area contributed by atoms with Gasteiger partial charge in [0.25, 0.3) is 5.91 Å². The van der Waals surface area contributed by atoms with E-state index in [0.29, 0.717) is 17.3 Å². The summed E-state index contributed by atoms with van der Waals surface area (Å²) in [4.78, 5) is 15.1. The average molecular weight is 333 g/mol. The van der Waals surface area contributed by atoms with Gasteiger partial charge in [0.05, 0.1) is 0 Å². The van der Waals surface area contributed by atoms with Gasteiger partial charge in [0, 0.05) is 30.4 Å². The van der Waals surface area contributed by atoms with Crippen molar-refractivity contribution in [1.29, 1.82) is 0 Å². The highest BCUT2D eigenvalue weighted by molar-refractivity contribution is 7.71. The highest BCUT2D eigenvalue weighted by atomic mass is 32.1. The predicted molar refractivity (Wildman–Crippen MR) is 94.5 cm³/mol. The molecule has 23 heavy (non-hydrogen) atoms. The number of rotatable bonds is 7. The Hall–Kier alpha value is -1.92. The van der Waals surface area contributed by atoms with Crippen molar-refractivity contribution in [1.82, 2.24) is 9.55 Å². The van der Waals surface area contributed by atoms with E-state index in [4.69, 9.17) is 17.0 Å². The number of aromatic nitrogens is 2. The van der Waals surface area contributed by atoms with Crippen molar-refractivity contribution in [2.24, 2.45) is 5.92 Å². The van der Waals surface area contributed by atoms with Crippen molar-refractivity contribution >= 4 is 23.8 Å². The zero-order chi connectivity index (χ0) is 16.8. The Balaban J connectivity index is 1.99. The third-order valence-electron chi connectivity index (χ3n) is 3.47. The summed E-state index contributed by atoms with van der Waals surface area (Å²) >= 11 is 5.21. The Morgan fingerprint density at radius 1 is 1.39 bits per heavy atom. The molecule has 0 radical (unpaired) electrons. The molecule has 1 aromatic carbocycles. The van der Waals surface area contributed by atoms with Gasteiger partial charge in [-0.05, 0) is 49.7 Å². The van der Waals surface area contributed by atoms with Crippen LogP contribution in [0.5, 0.6) is 0 Å². The fraction of sp³-hybridized carbons (Fsp3) is 0.412. The lowest BCUT2D eigenvalue weighted by atomic mass is 10.1. The Bertz CT molecular complexity index is 706. The number of nitrogens with one attached hydrogen (secondary N) is 2. The summed E-state index contributed by atoms with van der Waals surface area (Å²) in [5.74, 6) is 0.413. The van der Waals surface area contributed by atoms with E-state index < -0.39 is 6.10 Å². The van der Waals surface area contributed by atoms with Crippen LogP contribution in [0.1, 0.15) is 27.2 Å². The predicted octanol–water partition coefficient (Wildman–Crippen LogP) is 3.92. The number of hydrogen-bond acceptors (Lipinski definition) is 3. The molecule has 0 aliphatic heterocycles. The van der Waals surface area contributed by atoms with Crippen LogP contribution in [0.4, 0.5) is 5.69 Å². The lowest BCUT2D eigenvalue weighted by molar-refractivity contribution is -0.126. The summed E-state index contributed by atoms with van der Waals surface area (Å²) < 4.78 is 8.02. The topological polar surface area (TPSA) is 59.0 Å². The quantitative estimate of drug-likeness (QED) is 0.755. The Morgan fingerprint density at radius 3 is 2.83 bits per heavy atom. The maximum Gasteiger partial charge on any atom is 0.253 e. The highest BCUT2D eigenvalue weighted by Gasteiger charge is 2.14. The zero-order valence-electron chi connectivity index (χ0n) is 13.7. The van der Waals surface area contributed by atoms with Gasteiger partial charge in [-0.15, -0.1) is 0 Å². The minimum atomic E-state index is -0.480. The number of benzene rings is 1. The highest BCUT2D eigenvalue weighted by Crippen LogP contribution is 2.15. The Morgan fingerprint density at radius 2 is 2.17 bits per heavy atom. The molecule has 0 spiro atoms. The minimum Gasteiger partial charge on any atom is -0.369 e. The molecule has 2 rings (SSSR count). The van der Waals surface area contributed by atoms with E-state index in [1.165, 1.54) is 0 Å². The number of amides is 1. The molecule has 5 nitrogen and oxygen atoms in total. The summed E-state index contributed by atoms with van der Waals surface area (Å²) in [5.41, 5.74) is 1.61. The van der Waals surface area contributed by atoms with Gasteiger partial charge in [0.15, 0.2) is 4.77 Å². The first-order chi connectivity index (χ1) is 11.0. The summed E-state index contributed by atoms with van der Waals surface area (Å²) in [6.45, 7) is 6.62. The molecule has 0 fully saturated rings. The molecule has 2 aromatic rings. The number of hydrogen-bond donors (Lipinski definition) is 2. The minimum absolute atomic E-state index is 0.149. The molecule has 0 aliphatic carbocycles. The standard InChI is InChI=1S/C17H23N3O2S/c1-12(2)7-10-22-13(3)16(21)19-14-5-4-6-15(11-14)20-9-8-18-17(20)23/h4-6,8-9,11-13H,7,10H2,1-3H3,(H,18,23)(H,19,21)/t13-/m1/s1. The second kappa shape index (κ2) is 8.08. The van der Waals surface area contributed by atoms with E-state index in [2.05, 4.69) is 24.1 Å². The van der Waals surface area contributed by atoms with Crippen LogP contribution in [0.3, 0.4) is 0 Å². The average Bonchev–Trinajstić information content (AvgIpc) is 2.93. The van der Waals surface area contributed by atoms with E-state index >= 15 is 0 Å². The second-order valence-electron chi connectivity index (χ2n) is 5.87. The largest absolute Gasteiger partial charge is 0.369 e. The van der Waals surface area contributed by atoms with E-state index in [9.17, 15) is 4.79 Å². The fourth-order valence-electron chi connectivity index (χ4n) is 2.06. The third kappa shape index (κ3) is 5.04. The van der Waals surface area contributed by atoms with Crippen molar-refractivity contribution in [2.45, 2.75) is 33.3 Å². The van der Waals surface area contributed by atoms with E-state index in [0.717, 1.165) is 17.8 Å². The lowest BCUT2D eigenvalue weighted by Crippen LogP contribution is -2.28. The lowest BCUT2D eigenvalue weighted by Gasteiger charge is -2.15. The second-order valence-corrected chi connectivity index (χ2v) is 6.26. The van der Waals surface area contributed by atoms with Gasteiger partial charge >= 0.3 is 0 Å². The van der Waals surface area contributed by atoms with Gasteiger partial charge in [-0.2, -0.15) is 0 Å². The molecular weight excluding hydrogens is 310 g/mol. The number of carbonyl (C=O) groups is 1. The molecule has 1 atom stereocenters. The molecule has 1 amide bonds. The van der Waals surface area contributed by atoms with Crippen LogP contribution >= 0.6 is 12.2 Å². The SMILES string of the molecule is CC(C)CCO[C@H](C)C(=O)Nc1cccc(-n2cc[nH]c2=S)c1. The maximum atomic E-state index is 12.2. The summed E-state index contributed by atoms with van der Waals surface area (Å²) in [5, 5.41) is 2.88. The van der Waals surface area contributed by atoms with Crippen molar-refractivity contribution in [2.75, 3.05) is 11.9 Å². The van der Waals surface area contributed by atoms with Crippen LogP contribution in [0.2, 0.25) is 0 Å². The molecule has 1 heterocycles. The molecule has 0 saturated heterocycles. The van der Waals surface area contributed by atoms with Crippen LogP contribution in [-0.2, 0) is 9.53 Å².